The third kappa shape index (κ3) is 3.31. The summed E-state index contributed by atoms with van der Waals surface area (Å²) in [6.07, 6.45) is 0. The fourth-order valence-electron chi connectivity index (χ4n) is 1.12. The second-order valence-electron chi connectivity index (χ2n) is 3.65. The molecule has 0 bridgehead atoms. The average Bonchev–Trinajstić information content (AvgIpc) is 2.55. The summed E-state index contributed by atoms with van der Waals surface area (Å²) in [7, 11) is 0. The molecule has 1 amide bonds. The van der Waals surface area contributed by atoms with Crippen molar-refractivity contribution in [2.24, 2.45) is 5.92 Å². The number of nitrogens with zero attached hydrogens (tertiary/aromatic N) is 1. The highest BCUT2D eigenvalue weighted by atomic mass is 35.5. The maximum Gasteiger partial charge on any atom is 0.326 e. The minimum absolute atomic E-state index is 0.0400. The van der Waals surface area contributed by atoms with E-state index in [1.807, 2.05) is 0 Å². The molecule has 1 aromatic rings. The van der Waals surface area contributed by atoms with Gasteiger partial charge >= 0.3 is 5.97 Å². The lowest BCUT2D eigenvalue weighted by atomic mass is 10.0. The number of aromatic nitrogens is 1. The second kappa shape index (κ2) is 5.66. The van der Waals surface area contributed by atoms with E-state index >= 15 is 0 Å². The highest BCUT2D eigenvalue weighted by Gasteiger charge is 2.26. The van der Waals surface area contributed by atoms with E-state index in [0.717, 1.165) is 11.5 Å². The van der Waals surface area contributed by atoms with Crippen LogP contribution in [-0.4, -0.2) is 27.4 Å². The van der Waals surface area contributed by atoms with Gasteiger partial charge in [0.15, 0.2) is 5.15 Å². The molecule has 0 aliphatic carbocycles. The van der Waals surface area contributed by atoms with Crippen LogP contribution in [0.2, 0.25) is 10.2 Å². The molecule has 0 spiro atoms. The van der Waals surface area contributed by atoms with E-state index < -0.39 is 17.9 Å². The van der Waals surface area contributed by atoms with E-state index in [2.05, 4.69) is 9.69 Å². The van der Waals surface area contributed by atoms with Crippen LogP contribution in [-0.2, 0) is 4.79 Å². The third-order valence-corrected chi connectivity index (χ3v) is 3.82. The van der Waals surface area contributed by atoms with Crippen LogP contribution < -0.4 is 5.32 Å². The van der Waals surface area contributed by atoms with Crippen LogP contribution in [0.25, 0.3) is 0 Å². The lowest BCUT2D eigenvalue weighted by Gasteiger charge is -2.17. The van der Waals surface area contributed by atoms with Crippen molar-refractivity contribution in [3.63, 3.8) is 0 Å². The molecule has 8 heteroatoms. The minimum Gasteiger partial charge on any atom is -0.480 e. The monoisotopic (exact) mass is 296 g/mol. The number of rotatable bonds is 4. The molecule has 5 nitrogen and oxygen atoms in total. The van der Waals surface area contributed by atoms with Gasteiger partial charge in [-0.1, -0.05) is 37.0 Å². The first kappa shape index (κ1) is 14.2. The van der Waals surface area contributed by atoms with Crippen molar-refractivity contribution in [3.8, 4) is 0 Å². The Kier molecular flexibility index (Phi) is 4.73. The van der Waals surface area contributed by atoms with Crippen molar-refractivity contribution in [2.75, 3.05) is 0 Å². The van der Waals surface area contributed by atoms with Crippen LogP contribution in [0, 0.1) is 5.92 Å². The SMILES string of the molecule is CC(C)C(NC(=O)c1snc(Cl)c1Cl)C(=O)O. The van der Waals surface area contributed by atoms with Gasteiger partial charge in [0.1, 0.15) is 15.9 Å². The quantitative estimate of drug-likeness (QED) is 0.893. The summed E-state index contributed by atoms with van der Waals surface area (Å²) in [4.78, 5) is 22.8. The fourth-order valence-corrected chi connectivity index (χ4v) is 2.24. The molecule has 1 atom stereocenters. The number of nitrogens with one attached hydrogen (secondary N) is 1. The molecule has 1 aromatic heterocycles. The lowest BCUT2D eigenvalue weighted by Crippen LogP contribution is -2.44. The predicted molar refractivity (Wildman–Crippen MR) is 65.9 cm³/mol. The van der Waals surface area contributed by atoms with E-state index in [1.165, 1.54) is 0 Å². The summed E-state index contributed by atoms with van der Waals surface area (Å²) < 4.78 is 3.70. The van der Waals surface area contributed by atoms with E-state index in [9.17, 15) is 9.59 Å². The second-order valence-corrected chi connectivity index (χ2v) is 5.16. The number of carbonyl (C=O) groups excluding carboxylic acids is 1. The van der Waals surface area contributed by atoms with Gasteiger partial charge in [0, 0.05) is 0 Å². The number of carboxylic acids is 1. The normalized spacial score (nSPS) is 12.5. The van der Waals surface area contributed by atoms with Crippen molar-refractivity contribution < 1.29 is 14.7 Å². The number of carbonyl (C=O) groups is 2. The Hall–Kier alpha value is -0.850. The molecule has 1 unspecified atom stereocenters. The number of carboxylic acid groups (broad SMARTS) is 1. The molecule has 0 aromatic carbocycles. The number of hydrogen-bond donors (Lipinski definition) is 2. The molecule has 1 heterocycles. The molecule has 0 saturated carbocycles. The maximum atomic E-state index is 11.8. The third-order valence-electron chi connectivity index (χ3n) is 2.02. The van der Waals surface area contributed by atoms with E-state index in [1.54, 1.807) is 13.8 Å². The topological polar surface area (TPSA) is 79.3 Å². The molecule has 0 radical (unpaired) electrons. The van der Waals surface area contributed by atoms with Crippen LogP contribution in [0.5, 0.6) is 0 Å². The molecule has 0 fully saturated rings. The molecule has 0 aliphatic rings. The van der Waals surface area contributed by atoms with Gasteiger partial charge in [0.2, 0.25) is 0 Å². The van der Waals surface area contributed by atoms with Crippen LogP contribution in [0.1, 0.15) is 23.5 Å². The molecule has 0 saturated heterocycles. The predicted octanol–water partition coefficient (Wildman–Crippen LogP) is 2.29. The van der Waals surface area contributed by atoms with Crippen molar-refractivity contribution in [3.05, 3.63) is 15.1 Å². The number of halogens is 2. The highest BCUT2D eigenvalue weighted by molar-refractivity contribution is 7.09. The van der Waals surface area contributed by atoms with Crippen molar-refractivity contribution >= 4 is 46.6 Å². The Labute approximate surface area is 112 Å². The summed E-state index contributed by atoms with van der Waals surface area (Å²) in [5.41, 5.74) is 0. The number of hydrogen-bond acceptors (Lipinski definition) is 4. The number of amides is 1. The molecular formula is C9H10Cl2N2O3S. The van der Waals surface area contributed by atoms with Gasteiger partial charge in [0.25, 0.3) is 5.91 Å². The highest BCUT2D eigenvalue weighted by Crippen LogP contribution is 2.28. The summed E-state index contributed by atoms with van der Waals surface area (Å²) >= 11 is 12.2. The van der Waals surface area contributed by atoms with E-state index in [4.69, 9.17) is 28.3 Å². The smallest absolute Gasteiger partial charge is 0.326 e. The maximum absolute atomic E-state index is 11.8. The fraction of sp³-hybridized carbons (Fsp3) is 0.444. The average molecular weight is 297 g/mol. The molecule has 2 N–H and O–H groups in total. The van der Waals surface area contributed by atoms with Crippen molar-refractivity contribution in [1.29, 1.82) is 0 Å². The Morgan fingerprint density at radius 2 is 2.00 bits per heavy atom. The van der Waals surface area contributed by atoms with Crippen LogP contribution in [0.3, 0.4) is 0 Å². The van der Waals surface area contributed by atoms with Gasteiger partial charge < -0.3 is 10.4 Å². The summed E-state index contributed by atoms with van der Waals surface area (Å²) in [5, 5.41) is 11.4. The Morgan fingerprint density at radius 3 is 2.35 bits per heavy atom. The van der Waals surface area contributed by atoms with Gasteiger partial charge in [-0.3, -0.25) is 4.79 Å². The lowest BCUT2D eigenvalue weighted by molar-refractivity contribution is -0.140. The van der Waals surface area contributed by atoms with E-state index in [-0.39, 0.29) is 21.0 Å². The largest absolute Gasteiger partial charge is 0.480 e. The summed E-state index contributed by atoms with van der Waals surface area (Å²) in [6.45, 7) is 3.39. The van der Waals surface area contributed by atoms with Crippen LogP contribution in [0.15, 0.2) is 0 Å². The first-order valence-electron chi connectivity index (χ1n) is 4.69. The minimum atomic E-state index is -1.10. The van der Waals surface area contributed by atoms with Crippen LogP contribution >= 0.6 is 34.7 Å². The zero-order chi connectivity index (χ0) is 13.2. The van der Waals surface area contributed by atoms with Gasteiger partial charge in [-0.05, 0) is 17.5 Å². The van der Waals surface area contributed by atoms with Crippen LogP contribution in [0.4, 0.5) is 0 Å². The summed E-state index contributed by atoms with van der Waals surface area (Å²) in [5.74, 6) is -1.92. The van der Waals surface area contributed by atoms with Gasteiger partial charge in [-0.2, -0.15) is 4.37 Å². The zero-order valence-electron chi connectivity index (χ0n) is 9.03. The van der Waals surface area contributed by atoms with Crippen molar-refractivity contribution in [2.45, 2.75) is 19.9 Å². The molecule has 1 rings (SSSR count). The molecular weight excluding hydrogens is 287 g/mol. The standard InChI is InChI=1S/C9H10Cl2N2O3S/c1-3(2)5(9(15)16)12-8(14)6-4(10)7(11)13-17-6/h3,5H,1-2H3,(H,12,14)(H,15,16). The Bertz CT molecular complexity index is 447. The first-order chi connectivity index (χ1) is 7.84. The molecule has 17 heavy (non-hydrogen) atoms. The number of aliphatic carboxylic acids is 1. The zero-order valence-corrected chi connectivity index (χ0v) is 11.4. The van der Waals surface area contributed by atoms with Crippen molar-refractivity contribution in [1.82, 2.24) is 9.69 Å². The van der Waals surface area contributed by atoms with Gasteiger partial charge in [0.05, 0.1) is 0 Å². The van der Waals surface area contributed by atoms with Gasteiger partial charge in [-0.25, -0.2) is 4.79 Å². The van der Waals surface area contributed by atoms with Gasteiger partial charge in [-0.15, -0.1) is 0 Å². The molecule has 0 aliphatic heterocycles. The Morgan fingerprint density at radius 1 is 1.41 bits per heavy atom. The molecule has 94 valence electrons. The Balaban J connectivity index is 2.85. The first-order valence-corrected chi connectivity index (χ1v) is 6.21. The summed E-state index contributed by atoms with van der Waals surface area (Å²) in [6, 6.07) is -0.973. The van der Waals surface area contributed by atoms with E-state index in [0.29, 0.717) is 0 Å².